The normalized spacial score (nSPS) is 15.9. The zero-order valence-electron chi connectivity index (χ0n) is 15.5. The lowest BCUT2D eigenvalue weighted by molar-refractivity contribution is -0.134. The molecule has 0 spiro atoms. The summed E-state index contributed by atoms with van der Waals surface area (Å²) >= 11 is 0. The van der Waals surface area contributed by atoms with Crippen LogP contribution in [-0.4, -0.2) is 35.8 Å². The van der Waals surface area contributed by atoms with E-state index in [0.29, 0.717) is 31.5 Å². The second-order valence-corrected chi connectivity index (χ2v) is 8.05. The molecular formula is C20H29FN2O2. The molecule has 1 saturated heterocycles. The van der Waals surface area contributed by atoms with Crippen molar-refractivity contribution in [3.05, 3.63) is 35.6 Å². The molecule has 25 heavy (non-hydrogen) atoms. The van der Waals surface area contributed by atoms with Crippen LogP contribution in [0.25, 0.3) is 0 Å². The molecular weight excluding hydrogens is 319 g/mol. The van der Waals surface area contributed by atoms with Crippen LogP contribution in [0.5, 0.6) is 0 Å². The Balaban J connectivity index is 1.72. The number of likely N-dealkylation sites (tertiary alicyclic amines) is 1. The Hall–Kier alpha value is -1.91. The Morgan fingerprint density at radius 2 is 1.84 bits per heavy atom. The van der Waals surface area contributed by atoms with E-state index in [-0.39, 0.29) is 35.5 Å². The van der Waals surface area contributed by atoms with Crippen molar-refractivity contribution >= 4 is 11.8 Å². The molecule has 1 fully saturated rings. The van der Waals surface area contributed by atoms with Gasteiger partial charge in [0.1, 0.15) is 5.82 Å². The largest absolute Gasteiger partial charge is 0.353 e. The third kappa shape index (κ3) is 6.48. The summed E-state index contributed by atoms with van der Waals surface area (Å²) in [5.74, 6) is -0.125. The van der Waals surface area contributed by atoms with Crippen molar-refractivity contribution in [2.75, 3.05) is 13.1 Å². The molecule has 0 bridgehead atoms. The van der Waals surface area contributed by atoms with Crippen molar-refractivity contribution < 1.29 is 14.0 Å². The molecule has 2 amide bonds. The van der Waals surface area contributed by atoms with Crippen molar-refractivity contribution in [2.24, 2.45) is 5.41 Å². The zero-order valence-corrected chi connectivity index (χ0v) is 15.5. The third-order valence-electron chi connectivity index (χ3n) is 4.47. The van der Waals surface area contributed by atoms with E-state index in [1.807, 2.05) is 4.90 Å². The Bertz CT molecular complexity index is 602. The minimum absolute atomic E-state index is 0.00510. The average Bonchev–Trinajstić information content (AvgIpc) is 2.53. The van der Waals surface area contributed by atoms with Crippen LogP contribution in [-0.2, 0) is 16.0 Å². The predicted octanol–water partition coefficient (Wildman–Crippen LogP) is 3.30. The van der Waals surface area contributed by atoms with Crippen molar-refractivity contribution in [3.63, 3.8) is 0 Å². The van der Waals surface area contributed by atoms with Crippen LogP contribution in [0.15, 0.2) is 24.3 Å². The molecule has 1 aliphatic rings. The van der Waals surface area contributed by atoms with Crippen LogP contribution in [0, 0.1) is 11.2 Å². The highest BCUT2D eigenvalue weighted by Gasteiger charge is 2.26. The van der Waals surface area contributed by atoms with E-state index in [0.717, 1.165) is 12.8 Å². The van der Waals surface area contributed by atoms with Crippen molar-refractivity contribution in [1.29, 1.82) is 0 Å². The van der Waals surface area contributed by atoms with E-state index >= 15 is 0 Å². The maximum atomic E-state index is 13.6. The van der Waals surface area contributed by atoms with E-state index in [4.69, 9.17) is 0 Å². The summed E-state index contributed by atoms with van der Waals surface area (Å²) < 4.78 is 13.6. The van der Waals surface area contributed by atoms with Crippen LogP contribution in [0.2, 0.25) is 0 Å². The van der Waals surface area contributed by atoms with Crippen LogP contribution in [0.1, 0.15) is 52.0 Å². The number of carbonyl (C=O) groups is 2. The van der Waals surface area contributed by atoms with Gasteiger partial charge >= 0.3 is 0 Å². The summed E-state index contributed by atoms with van der Waals surface area (Å²) in [6.07, 6.45) is 2.79. The molecule has 4 nitrogen and oxygen atoms in total. The number of amides is 2. The first-order valence-corrected chi connectivity index (χ1v) is 9.05. The number of benzene rings is 1. The second-order valence-electron chi connectivity index (χ2n) is 8.05. The van der Waals surface area contributed by atoms with Crippen LogP contribution < -0.4 is 5.32 Å². The first kappa shape index (κ1) is 19.4. The van der Waals surface area contributed by atoms with Gasteiger partial charge in [-0.3, -0.25) is 9.59 Å². The summed E-state index contributed by atoms with van der Waals surface area (Å²) in [5.41, 5.74) is 0.565. The molecule has 0 atom stereocenters. The molecule has 2 rings (SSSR count). The molecule has 1 heterocycles. The fourth-order valence-electron chi connectivity index (χ4n) is 3.09. The van der Waals surface area contributed by atoms with E-state index in [2.05, 4.69) is 26.1 Å². The highest BCUT2D eigenvalue weighted by Crippen LogP contribution is 2.21. The Kier molecular flexibility index (Phi) is 6.57. The molecule has 1 aliphatic heterocycles. The number of carbonyl (C=O) groups excluding carboxylic acids is 2. The van der Waals surface area contributed by atoms with Gasteiger partial charge in [-0.05, 0) is 36.3 Å². The SMILES string of the molecule is CC(C)(C)CC(=O)N1CCC(NC(=O)CCc2ccccc2F)CC1. The van der Waals surface area contributed by atoms with Crippen LogP contribution >= 0.6 is 0 Å². The quantitative estimate of drug-likeness (QED) is 0.887. The molecule has 0 aliphatic carbocycles. The smallest absolute Gasteiger partial charge is 0.223 e. The average molecular weight is 348 g/mol. The van der Waals surface area contributed by atoms with Gasteiger partial charge in [0, 0.05) is 32.0 Å². The van der Waals surface area contributed by atoms with Crippen molar-refractivity contribution in [1.82, 2.24) is 10.2 Å². The monoisotopic (exact) mass is 348 g/mol. The zero-order chi connectivity index (χ0) is 18.4. The lowest BCUT2D eigenvalue weighted by atomic mass is 9.91. The Morgan fingerprint density at radius 3 is 2.44 bits per heavy atom. The van der Waals surface area contributed by atoms with Gasteiger partial charge < -0.3 is 10.2 Å². The Labute approximate surface area is 149 Å². The summed E-state index contributed by atoms with van der Waals surface area (Å²) in [7, 11) is 0. The molecule has 1 aromatic carbocycles. The fourth-order valence-corrected chi connectivity index (χ4v) is 3.09. The number of aryl methyl sites for hydroxylation is 1. The van der Waals surface area contributed by atoms with Crippen molar-refractivity contribution in [3.8, 4) is 0 Å². The maximum absolute atomic E-state index is 13.6. The molecule has 0 radical (unpaired) electrons. The summed E-state index contributed by atoms with van der Waals surface area (Å²) in [6.45, 7) is 7.56. The maximum Gasteiger partial charge on any atom is 0.223 e. The Morgan fingerprint density at radius 1 is 1.20 bits per heavy atom. The number of halogens is 1. The third-order valence-corrected chi connectivity index (χ3v) is 4.47. The molecule has 1 aromatic rings. The van der Waals surface area contributed by atoms with E-state index in [9.17, 15) is 14.0 Å². The fraction of sp³-hybridized carbons (Fsp3) is 0.600. The van der Waals surface area contributed by atoms with Crippen molar-refractivity contribution in [2.45, 2.75) is 58.9 Å². The number of piperidine rings is 1. The summed E-state index contributed by atoms with van der Waals surface area (Å²) in [4.78, 5) is 26.2. The number of rotatable bonds is 5. The molecule has 0 aromatic heterocycles. The first-order chi connectivity index (χ1) is 11.7. The molecule has 138 valence electrons. The minimum Gasteiger partial charge on any atom is -0.353 e. The number of nitrogens with zero attached hydrogens (tertiary/aromatic N) is 1. The second kappa shape index (κ2) is 8.45. The highest BCUT2D eigenvalue weighted by atomic mass is 19.1. The molecule has 0 unspecified atom stereocenters. The van der Waals surface area contributed by atoms with Gasteiger partial charge in [-0.15, -0.1) is 0 Å². The predicted molar refractivity (Wildman–Crippen MR) is 96.5 cm³/mol. The minimum atomic E-state index is -0.263. The van der Waals surface area contributed by atoms with Gasteiger partial charge in [0.15, 0.2) is 0 Å². The van der Waals surface area contributed by atoms with Gasteiger partial charge in [-0.1, -0.05) is 39.0 Å². The van der Waals surface area contributed by atoms with E-state index < -0.39 is 0 Å². The van der Waals surface area contributed by atoms with Crippen LogP contribution in [0.3, 0.4) is 0 Å². The molecule has 5 heteroatoms. The highest BCUT2D eigenvalue weighted by molar-refractivity contribution is 5.77. The van der Waals surface area contributed by atoms with Gasteiger partial charge in [-0.2, -0.15) is 0 Å². The molecule has 1 N–H and O–H groups in total. The topological polar surface area (TPSA) is 49.4 Å². The lowest BCUT2D eigenvalue weighted by Gasteiger charge is -2.34. The van der Waals surface area contributed by atoms with E-state index in [1.165, 1.54) is 6.07 Å². The van der Waals surface area contributed by atoms with Gasteiger partial charge in [0.05, 0.1) is 0 Å². The van der Waals surface area contributed by atoms with Gasteiger partial charge in [0.2, 0.25) is 11.8 Å². The first-order valence-electron chi connectivity index (χ1n) is 9.05. The van der Waals surface area contributed by atoms with Gasteiger partial charge in [-0.25, -0.2) is 4.39 Å². The number of hydrogen-bond acceptors (Lipinski definition) is 2. The summed E-state index contributed by atoms with van der Waals surface area (Å²) in [5, 5.41) is 3.02. The standard InChI is InChI=1S/C20H29FN2O2/c1-20(2,3)14-19(25)23-12-10-16(11-13-23)22-18(24)9-8-15-6-4-5-7-17(15)21/h4-7,16H,8-14H2,1-3H3,(H,22,24). The molecule has 0 saturated carbocycles. The summed E-state index contributed by atoms with van der Waals surface area (Å²) in [6, 6.07) is 6.65. The number of nitrogens with one attached hydrogen (secondary N) is 1. The van der Waals surface area contributed by atoms with Crippen LogP contribution in [0.4, 0.5) is 4.39 Å². The lowest BCUT2D eigenvalue weighted by Crippen LogP contribution is -2.47. The van der Waals surface area contributed by atoms with E-state index in [1.54, 1.807) is 18.2 Å². The van der Waals surface area contributed by atoms with Gasteiger partial charge in [0.25, 0.3) is 0 Å². The number of hydrogen-bond donors (Lipinski definition) is 1.